The molecule has 1 atom stereocenters. The van der Waals surface area contributed by atoms with Crippen LogP contribution in [0.2, 0.25) is 0 Å². The molecule has 0 aliphatic carbocycles. The Morgan fingerprint density at radius 3 is 1.68 bits per heavy atom. The minimum Gasteiger partial charge on any atom is -0.469 e. The fraction of sp³-hybridized carbons (Fsp3) is 0.941. The van der Waals surface area contributed by atoms with Gasteiger partial charge in [0.15, 0.2) is 0 Å². The zero-order chi connectivity index (χ0) is 14.6. The van der Waals surface area contributed by atoms with Crippen LogP contribution in [-0.4, -0.2) is 13.1 Å². The molecule has 0 amide bonds. The van der Waals surface area contributed by atoms with E-state index < -0.39 is 0 Å². The molecule has 0 saturated carbocycles. The zero-order valence-electron chi connectivity index (χ0n) is 13.6. The number of ether oxygens (including phenoxy) is 1. The van der Waals surface area contributed by atoms with Crippen LogP contribution >= 0.6 is 0 Å². The number of carbonyl (C=O) groups is 1. The molecule has 0 aliphatic rings. The van der Waals surface area contributed by atoms with Gasteiger partial charge < -0.3 is 4.74 Å². The van der Waals surface area contributed by atoms with Crippen LogP contribution < -0.4 is 0 Å². The molecule has 114 valence electrons. The maximum atomic E-state index is 12.0. The number of hydrogen-bond acceptors (Lipinski definition) is 2. The van der Waals surface area contributed by atoms with E-state index >= 15 is 0 Å². The molecule has 0 spiro atoms. The average molecular weight is 270 g/mol. The van der Waals surface area contributed by atoms with Gasteiger partial charge in [0.25, 0.3) is 0 Å². The van der Waals surface area contributed by atoms with Crippen LogP contribution in [0, 0.1) is 5.41 Å². The highest BCUT2D eigenvalue weighted by molar-refractivity contribution is 5.76. The largest absolute Gasteiger partial charge is 0.469 e. The van der Waals surface area contributed by atoms with Crippen LogP contribution in [0.1, 0.15) is 91.4 Å². The highest BCUT2D eigenvalue weighted by Crippen LogP contribution is 2.32. The molecule has 2 heteroatoms. The topological polar surface area (TPSA) is 26.3 Å². The Balaban J connectivity index is 4.08. The molecule has 0 aromatic carbocycles. The first-order valence-electron chi connectivity index (χ1n) is 8.19. The summed E-state index contributed by atoms with van der Waals surface area (Å²) in [6.45, 7) is 6.53. The Morgan fingerprint density at radius 1 is 0.842 bits per heavy atom. The van der Waals surface area contributed by atoms with E-state index in [1.165, 1.54) is 52.1 Å². The first kappa shape index (κ1) is 18.5. The number of methoxy groups -OCH3 is 1. The molecule has 0 radical (unpaired) electrons. The summed E-state index contributed by atoms with van der Waals surface area (Å²) in [5, 5.41) is 0. The minimum absolute atomic E-state index is 0.0144. The lowest BCUT2D eigenvalue weighted by Gasteiger charge is -2.26. The number of hydrogen-bond donors (Lipinski definition) is 0. The Bertz CT molecular complexity index is 225. The SMILES string of the molecule is CCCCCCCC(C)(CCCCCC)C(=O)OC. The van der Waals surface area contributed by atoms with E-state index in [0.29, 0.717) is 0 Å². The third-order valence-electron chi connectivity index (χ3n) is 4.09. The molecule has 1 unspecified atom stereocenters. The van der Waals surface area contributed by atoms with Gasteiger partial charge >= 0.3 is 5.97 Å². The van der Waals surface area contributed by atoms with Crippen LogP contribution in [0.4, 0.5) is 0 Å². The second kappa shape index (κ2) is 11.3. The lowest BCUT2D eigenvalue weighted by molar-refractivity contribution is -0.152. The minimum atomic E-state index is -0.255. The number of rotatable bonds is 12. The highest BCUT2D eigenvalue weighted by atomic mass is 16.5. The normalized spacial score (nSPS) is 14.1. The molecule has 0 aromatic rings. The van der Waals surface area contributed by atoms with Gasteiger partial charge in [-0.15, -0.1) is 0 Å². The lowest BCUT2D eigenvalue weighted by atomic mass is 9.79. The van der Waals surface area contributed by atoms with Crippen LogP contribution in [0.15, 0.2) is 0 Å². The molecule has 0 N–H and O–H groups in total. The predicted octanol–water partition coefficient (Wildman–Crippen LogP) is 5.50. The summed E-state index contributed by atoms with van der Waals surface area (Å²) in [7, 11) is 1.52. The molecule has 0 aliphatic heterocycles. The summed E-state index contributed by atoms with van der Waals surface area (Å²) in [4.78, 5) is 12.0. The maximum Gasteiger partial charge on any atom is 0.311 e. The van der Waals surface area contributed by atoms with E-state index in [0.717, 1.165) is 25.7 Å². The molecule has 0 rings (SSSR count). The van der Waals surface area contributed by atoms with E-state index in [1.54, 1.807) is 0 Å². The third-order valence-corrected chi connectivity index (χ3v) is 4.09. The Labute approximate surface area is 120 Å². The standard InChI is InChI=1S/C17H34O2/c1-5-7-9-11-13-15-17(3,16(18)19-4)14-12-10-8-6-2/h5-15H2,1-4H3. The predicted molar refractivity (Wildman–Crippen MR) is 82.3 cm³/mol. The second-order valence-corrected chi connectivity index (χ2v) is 6.03. The van der Waals surface area contributed by atoms with Crippen LogP contribution in [0.5, 0.6) is 0 Å². The monoisotopic (exact) mass is 270 g/mol. The third kappa shape index (κ3) is 8.28. The molecular formula is C17H34O2. The van der Waals surface area contributed by atoms with E-state index in [9.17, 15) is 4.79 Å². The molecule has 0 fully saturated rings. The molecule has 2 nitrogen and oxygen atoms in total. The van der Waals surface area contributed by atoms with Gasteiger partial charge in [0, 0.05) is 0 Å². The maximum absolute atomic E-state index is 12.0. The molecule has 0 heterocycles. The summed E-state index contributed by atoms with van der Waals surface area (Å²) in [5.74, 6) is -0.0144. The molecular weight excluding hydrogens is 236 g/mol. The van der Waals surface area contributed by atoms with Crippen molar-refractivity contribution in [2.24, 2.45) is 5.41 Å². The summed E-state index contributed by atoms with van der Waals surface area (Å²) >= 11 is 0. The Hall–Kier alpha value is -0.530. The molecule has 0 aromatic heterocycles. The van der Waals surface area contributed by atoms with Crippen molar-refractivity contribution in [2.45, 2.75) is 91.4 Å². The van der Waals surface area contributed by atoms with Crippen LogP contribution in [0.3, 0.4) is 0 Å². The molecule has 19 heavy (non-hydrogen) atoms. The fourth-order valence-electron chi connectivity index (χ4n) is 2.64. The van der Waals surface area contributed by atoms with Crippen molar-refractivity contribution in [2.75, 3.05) is 7.11 Å². The van der Waals surface area contributed by atoms with E-state index in [2.05, 4.69) is 20.8 Å². The summed E-state index contributed by atoms with van der Waals surface area (Å²) in [6.07, 6.45) is 13.1. The van der Waals surface area contributed by atoms with E-state index in [4.69, 9.17) is 4.74 Å². The highest BCUT2D eigenvalue weighted by Gasteiger charge is 2.32. The molecule has 0 bridgehead atoms. The number of unbranched alkanes of at least 4 members (excludes halogenated alkanes) is 7. The quantitative estimate of drug-likeness (QED) is 0.346. The van der Waals surface area contributed by atoms with Crippen LogP contribution in [0.25, 0.3) is 0 Å². The number of carbonyl (C=O) groups excluding carboxylic acids is 1. The summed E-state index contributed by atoms with van der Waals surface area (Å²) < 4.78 is 5.01. The van der Waals surface area contributed by atoms with Gasteiger partial charge in [0.05, 0.1) is 12.5 Å². The first-order chi connectivity index (χ1) is 9.10. The second-order valence-electron chi connectivity index (χ2n) is 6.03. The zero-order valence-corrected chi connectivity index (χ0v) is 13.6. The van der Waals surface area contributed by atoms with Crippen molar-refractivity contribution in [1.29, 1.82) is 0 Å². The van der Waals surface area contributed by atoms with Gasteiger partial charge in [-0.2, -0.15) is 0 Å². The van der Waals surface area contributed by atoms with E-state index in [1.807, 2.05) is 0 Å². The van der Waals surface area contributed by atoms with Gasteiger partial charge in [0.2, 0.25) is 0 Å². The fourth-order valence-corrected chi connectivity index (χ4v) is 2.64. The van der Waals surface area contributed by atoms with Crippen molar-refractivity contribution in [3.8, 4) is 0 Å². The first-order valence-corrected chi connectivity index (χ1v) is 8.19. The van der Waals surface area contributed by atoms with Crippen molar-refractivity contribution in [3.63, 3.8) is 0 Å². The van der Waals surface area contributed by atoms with Gasteiger partial charge in [-0.25, -0.2) is 0 Å². The summed E-state index contributed by atoms with van der Waals surface area (Å²) in [6, 6.07) is 0. The Morgan fingerprint density at radius 2 is 1.26 bits per heavy atom. The van der Waals surface area contributed by atoms with Gasteiger partial charge in [-0.05, 0) is 19.8 Å². The van der Waals surface area contributed by atoms with Crippen molar-refractivity contribution >= 4 is 5.97 Å². The van der Waals surface area contributed by atoms with Crippen molar-refractivity contribution in [1.82, 2.24) is 0 Å². The Kier molecular flexibility index (Phi) is 11.0. The number of esters is 1. The van der Waals surface area contributed by atoms with Gasteiger partial charge in [-0.3, -0.25) is 4.79 Å². The smallest absolute Gasteiger partial charge is 0.311 e. The van der Waals surface area contributed by atoms with Gasteiger partial charge in [0.1, 0.15) is 0 Å². The van der Waals surface area contributed by atoms with E-state index in [-0.39, 0.29) is 11.4 Å². The van der Waals surface area contributed by atoms with Crippen LogP contribution in [-0.2, 0) is 9.53 Å². The molecule has 0 saturated heterocycles. The van der Waals surface area contributed by atoms with Crippen molar-refractivity contribution < 1.29 is 9.53 Å². The average Bonchev–Trinajstić information content (AvgIpc) is 2.42. The lowest BCUT2D eigenvalue weighted by Crippen LogP contribution is -2.29. The summed E-state index contributed by atoms with van der Waals surface area (Å²) in [5.41, 5.74) is -0.255. The van der Waals surface area contributed by atoms with Crippen molar-refractivity contribution in [3.05, 3.63) is 0 Å². The van der Waals surface area contributed by atoms with Gasteiger partial charge in [-0.1, -0.05) is 71.6 Å².